The van der Waals surface area contributed by atoms with E-state index in [4.69, 9.17) is 5.73 Å². The number of halogens is 3. The standard InChI is InChI=1S/C57H56F3N3O/c1-31-17-20-41(25-32(31)2)56(49-15-11-9-13-45(49)46-14-10-12-16-50(46)56)42-21-24-52(34(4)26-42)62-36(6)43-22-18-39(29-47(43)38(62)8)54(57(58,59)60)40-19-23-44-37(7)63(55(64)48(44)30-40)53-28-33(3)51(61)27-35(53)5/h9,11,13-30,36-38,54-55,64H,10,12,61H2,1-8H3/t36?,37?,38?,54?,55?,56-/m0/s1. The Hall–Kier alpha value is -6.05. The van der Waals surface area contributed by atoms with Crippen molar-refractivity contribution in [2.24, 2.45) is 0 Å². The molecule has 0 bridgehead atoms. The summed E-state index contributed by atoms with van der Waals surface area (Å²) in [6.45, 7) is 16.6. The third kappa shape index (κ3) is 6.13. The van der Waals surface area contributed by atoms with Crippen LogP contribution in [0.5, 0.6) is 0 Å². The minimum atomic E-state index is -4.57. The lowest BCUT2D eigenvalue weighted by Gasteiger charge is -2.37. The van der Waals surface area contributed by atoms with E-state index < -0.39 is 23.7 Å². The van der Waals surface area contributed by atoms with Crippen LogP contribution >= 0.6 is 0 Å². The van der Waals surface area contributed by atoms with E-state index in [0.29, 0.717) is 11.3 Å². The Morgan fingerprint density at radius 3 is 1.88 bits per heavy atom. The number of allylic oxidation sites excluding steroid dienone is 4. The topological polar surface area (TPSA) is 52.7 Å². The molecule has 0 amide bonds. The molecule has 6 aromatic carbocycles. The van der Waals surface area contributed by atoms with Gasteiger partial charge in [0.25, 0.3) is 0 Å². The molecule has 0 saturated carbocycles. The van der Waals surface area contributed by atoms with Crippen LogP contribution in [0.3, 0.4) is 0 Å². The van der Waals surface area contributed by atoms with Gasteiger partial charge in [-0.1, -0.05) is 97.1 Å². The van der Waals surface area contributed by atoms with Gasteiger partial charge in [0.15, 0.2) is 6.23 Å². The number of hydrogen-bond donors (Lipinski definition) is 2. The molecule has 0 saturated heterocycles. The summed E-state index contributed by atoms with van der Waals surface area (Å²) in [5.74, 6) is -1.87. The molecule has 0 fully saturated rings. The van der Waals surface area contributed by atoms with Crippen molar-refractivity contribution in [1.29, 1.82) is 0 Å². The van der Waals surface area contributed by atoms with Crippen LogP contribution in [0.15, 0.2) is 127 Å². The Balaban J connectivity index is 1.01. The second-order valence-electron chi connectivity index (χ2n) is 18.9. The quantitative estimate of drug-likeness (QED) is 0.164. The highest BCUT2D eigenvalue weighted by Gasteiger charge is 2.49. The van der Waals surface area contributed by atoms with Crippen LogP contribution < -0.4 is 15.5 Å². The van der Waals surface area contributed by atoms with Gasteiger partial charge in [-0.05, 0) is 182 Å². The lowest BCUT2D eigenvalue weighted by atomic mass is 9.66. The van der Waals surface area contributed by atoms with E-state index in [1.165, 1.54) is 44.5 Å². The number of nitrogen functional groups attached to an aromatic ring is 1. The molecule has 6 atom stereocenters. The number of aryl methyl sites for hydroxylation is 5. The molecule has 2 aliphatic heterocycles. The van der Waals surface area contributed by atoms with Crippen molar-refractivity contribution in [1.82, 2.24) is 0 Å². The first-order valence-electron chi connectivity index (χ1n) is 22.7. The predicted molar refractivity (Wildman–Crippen MR) is 255 cm³/mol. The van der Waals surface area contributed by atoms with Gasteiger partial charge >= 0.3 is 6.18 Å². The molecular formula is C57H56F3N3O. The highest BCUT2D eigenvalue weighted by atomic mass is 19.4. The second-order valence-corrected chi connectivity index (χ2v) is 18.9. The number of nitrogens with zero attached hydrogens (tertiary/aromatic N) is 2. The Morgan fingerprint density at radius 2 is 1.19 bits per heavy atom. The van der Waals surface area contributed by atoms with Crippen molar-refractivity contribution < 1.29 is 18.3 Å². The lowest BCUT2D eigenvalue weighted by molar-refractivity contribution is -0.141. The zero-order chi connectivity index (χ0) is 45.1. The highest BCUT2D eigenvalue weighted by molar-refractivity contribution is 5.95. The number of rotatable bonds is 6. The number of fused-ring (bicyclic) bond motifs is 5. The monoisotopic (exact) mass is 855 g/mol. The number of aliphatic hydroxyl groups is 1. The van der Waals surface area contributed by atoms with E-state index in [1.54, 1.807) is 30.3 Å². The van der Waals surface area contributed by atoms with E-state index in [-0.39, 0.29) is 29.3 Å². The van der Waals surface area contributed by atoms with E-state index >= 15 is 13.2 Å². The summed E-state index contributed by atoms with van der Waals surface area (Å²) in [6, 6.07) is 36.3. The van der Waals surface area contributed by atoms with E-state index in [9.17, 15) is 5.11 Å². The van der Waals surface area contributed by atoms with Gasteiger partial charge in [0.05, 0.1) is 23.5 Å². The van der Waals surface area contributed by atoms with Crippen molar-refractivity contribution in [3.05, 3.63) is 210 Å². The summed E-state index contributed by atoms with van der Waals surface area (Å²) in [6.07, 6.45) is 1.18. The summed E-state index contributed by atoms with van der Waals surface area (Å²) >= 11 is 0. The van der Waals surface area contributed by atoms with Gasteiger partial charge in [-0.25, -0.2) is 0 Å². The number of aliphatic hydroxyl groups excluding tert-OH is 1. The molecule has 6 aromatic rings. The average Bonchev–Trinajstić information content (AvgIpc) is 3.80. The van der Waals surface area contributed by atoms with Crippen LogP contribution in [0.4, 0.5) is 30.2 Å². The molecule has 64 heavy (non-hydrogen) atoms. The van der Waals surface area contributed by atoms with Crippen molar-refractivity contribution >= 4 is 22.6 Å². The van der Waals surface area contributed by atoms with E-state index in [0.717, 1.165) is 57.6 Å². The number of benzene rings is 6. The van der Waals surface area contributed by atoms with Gasteiger partial charge in [-0.3, -0.25) is 0 Å². The highest BCUT2D eigenvalue weighted by Crippen LogP contribution is 2.59. The third-order valence-corrected chi connectivity index (χ3v) is 15.2. The minimum absolute atomic E-state index is 0.0625. The first kappa shape index (κ1) is 41.9. The van der Waals surface area contributed by atoms with Crippen LogP contribution in [0.1, 0.15) is 147 Å². The summed E-state index contributed by atoms with van der Waals surface area (Å²) < 4.78 is 46.4. The molecule has 5 unspecified atom stereocenters. The van der Waals surface area contributed by atoms with Crippen molar-refractivity contribution in [2.45, 2.75) is 110 Å². The van der Waals surface area contributed by atoms with Gasteiger partial charge < -0.3 is 20.6 Å². The summed E-state index contributed by atoms with van der Waals surface area (Å²) in [5.41, 5.74) is 24.9. The third-order valence-electron chi connectivity index (χ3n) is 15.2. The largest absolute Gasteiger partial charge is 0.399 e. The van der Waals surface area contributed by atoms with Gasteiger partial charge in [-0.2, -0.15) is 13.2 Å². The Labute approximate surface area is 375 Å². The molecule has 0 radical (unpaired) electrons. The zero-order valence-corrected chi connectivity index (χ0v) is 37.9. The fourth-order valence-electron chi connectivity index (χ4n) is 11.9. The van der Waals surface area contributed by atoms with E-state index in [2.05, 4.69) is 112 Å². The van der Waals surface area contributed by atoms with Gasteiger partial charge in [-0.15, -0.1) is 0 Å². The van der Waals surface area contributed by atoms with Gasteiger partial charge in [0, 0.05) is 22.6 Å². The molecule has 3 N–H and O–H groups in total. The second kappa shape index (κ2) is 15.0. The summed E-state index contributed by atoms with van der Waals surface area (Å²) in [4.78, 5) is 4.24. The SMILES string of the molecule is Cc1ccc([C@@]2(c3ccc(N4C(C)c5ccc(C(c6ccc7c(c6)C(O)N(c6cc(C)c(N)cc6C)C7C)C(F)(F)F)cc5C4C)c(C)c3)C3=CCCC=C3c3ccccc32)cc1C. The molecule has 0 aromatic heterocycles. The molecule has 2 heterocycles. The number of anilines is 3. The van der Waals surface area contributed by atoms with Gasteiger partial charge in [0.2, 0.25) is 0 Å². The maximum absolute atomic E-state index is 15.5. The average molecular weight is 856 g/mol. The minimum Gasteiger partial charge on any atom is -0.399 e. The van der Waals surface area contributed by atoms with Crippen molar-refractivity contribution in [3.63, 3.8) is 0 Å². The van der Waals surface area contributed by atoms with Gasteiger partial charge in [0.1, 0.15) is 5.92 Å². The first-order valence-corrected chi connectivity index (χ1v) is 22.7. The molecule has 10 rings (SSSR count). The fraction of sp³-hybridized carbons (Fsp3) is 0.298. The molecule has 4 aliphatic rings. The maximum Gasteiger partial charge on any atom is 0.399 e. The van der Waals surface area contributed by atoms with Crippen LogP contribution in [-0.2, 0) is 5.41 Å². The molecule has 326 valence electrons. The smallest absolute Gasteiger partial charge is 0.399 e. The summed E-state index contributed by atoms with van der Waals surface area (Å²) in [7, 11) is 0. The fourth-order valence-corrected chi connectivity index (χ4v) is 11.9. The van der Waals surface area contributed by atoms with Crippen LogP contribution in [0, 0.1) is 34.6 Å². The Kier molecular flexibility index (Phi) is 9.84. The molecular weight excluding hydrogens is 800 g/mol. The Morgan fingerprint density at radius 1 is 0.594 bits per heavy atom. The number of alkyl halides is 3. The lowest BCUT2D eigenvalue weighted by Crippen LogP contribution is -2.30. The normalized spacial score (nSPS) is 22.8. The van der Waals surface area contributed by atoms with Crippen molar-refractivity contribution in [2.75, 3.05) is 15.5 Å². The van der Waals surface area contributed by atoms with Crippen molar-refractivity contribution in [3.8, 4) is 0 Å². The number of nitrogens with two attached hydrogens (primary N) is 1. The summed E-state index contributed by atoms with van der Waals surface area (Å²) in [5, 5.41) is 11.7. The molecule has 2 aliphatic carbocycles. The van der Waals surface area contributed by atoms with E-state index in [1.807, 2.05) is 43.9 Å². The Bertz CT molecular complexity index is 2960. The maximum atomic E-state index is 15.5. The first-order chi connectivity index (χ1) is 30.5. The zero-order valence-electron chi connectivity index (χ0n) is 37.9. The molecule has 7 heteroatoms. The number of hydrogen-bond acceptors (Lipinski definition) is 4. The van der Waals surface area contributed by atoms with Crippen LogP contribution in [-0.4, -0.2) is 11.3 Å². The van der Waals surface area contributed by atoms with Crippen LogP contribution in [0.25, 0.3) is 5.57 Å². The molecule has 0 spiro atoms. The predicted octanol–water partition coefficient (Wildman–Crippen LogP) is 14.2. The molecule has 4 nitrogen and oxygen atoms in total. The van der Waals surface area contributed by atoms with Crippen LogP contribution in [0.2, 0.25) is 0 Å².